The van der Waals surface area contributed by atoms with Gasteiger partial charge in [-0.25, -0.2) is 0 Å². The van der Waals surface area contributed by atoms with Gasteiger partial charge < -0.3 is 15.8 Å². The minimum atomic E-state index is -0.480. The van der Waals surface area contributed by atoms with E-state index in [0.717, 1.165) is 29.7 Å². The normalized spacial score (nSPS) is 15.5. The molecule has 2 aromatic rings. The number of hydrogen-bond donors (Lipinski definition) is 3. The number of carbonyl (C=O) groups excluding carboxylic acids is 2. The third kappa shape index (κ3) is 4.84. The van der Waals surface area contributed by atoms with Crippen LogP contribution in [0.1, 0.15) is 34.1 Å². The van der Waals surface area contributed by atoms with Gasteiger partial charge in [0.15, 0.2) is 11.7 Å². The monoisotopic (exact) mass is 403 g/mol. The third-order valence-electron chi connectivity index (χ3n) is 4.35. The van der Waals surface area contributed by atoms with Crippen molar-refractivity contribution in [3.63, 3.8) is 0 Å². The summed E-state index contributed by atoms with van der Waals surface area (Å²) in [6, 6.07) is 9.04. The fraction of sp³-hybridized carbons (Fsp3) is 0.316. The van der Waals surface area contributed by atoms with Crippen molar-refractivity contribution in [1.82, 2.24) is 5.32 Å². The Labute approximate surface area is 167 Å². The summed E-state index contributed by atoms with van der Waals surface area (Å²) in [5.74, 6) is 0.312. The summed E-state index contributed by atoms with van der Waals surface area (Å²) in [7, 11) is 0. The smallest absolute Gasteiger partial charge is 0.264 e. The molecule has 0 bridgehead atoms. The number of anilines is 1. The van der Waals surface area contributed by atoms with Gasteiger partial charge in [-0.2, -0.15) is 0 Å². The van der Waals surface area contributed by atoms with Crippen molar-refractivity contribution in [2.75, 3.05) is 11.9 Å². The molecule has 0 aliphatic heterocycles. The topological polar surface area (TPSA) is 93.4 Å². The minimum Gasteiger partial charge on any atom is -0.484 e. The molecule has 3 rings (SSSR count). The van der Waals surface area contributed by atoms with Crippen LogP contribution < -0.4 is 21.1 Å². The lowest BCUT2D eigenvalue weighted by atomic mass is 9.88. The highest BCUT2D eigenvalue weighted by Gasteiger charge is 2.27. The average Bonchev–Trinajstić information content (AvgIpc) is 2.97. The first-order chi connectivity index (χ1) is 12.9. The second kappa shape index (κ2) is 8.49. The van der Waals surface area contributed by atoms with Gasteiger partial charge in [0.2, 0.25) is 0 Å². The highest BCUT2D eigenvalue weighted by Crippen LogP contribution is 2.39. The van der Waals surface area contributed by atoms with E-state index in [1.807, 2.05) is 18.2 Å². The standard InChI is InChI=1S/C19H21N3O3S2/c1-11-7-8-13-14(9-11)27-18(16(13)17(20)24)22-19(26)21-15(23)10-25-12-5-3-2-4-6-12/h2-6,11H,7-10H2,1H3,(H2,20,24)(H2,21,22,23,26)/t11-/m0/s1. The van der Waals surface area contributed by atoms with Crippen molar-refractivity contribution in [1.29, 1.82) is 0 Å². The summed E-state index contributed by atoms with van der Waals surface area (Å²) < 4.78 is 5.39. The Hall–Kier alpha value is -2.45. The molecular formula is C19H21N3O3S2. The fourth-order valence-corrected chi connectivity index (χ4v) is 4.76. The van der Waals surface area contributed by atoms with Crippen LogP contribution in [0.25, 0.3) is 0 Å². The summed E-state index contributed by atoms with van der Waals surface area (Å²) in [4.78, 5) is 25.1. The Morgan fingerprint density at radius 1 is 1.33 bits per heavy atom. The van der Waals surface area contributed by atoms with E-state index in [1.165, 1.54) is 11.3 Å². The number of nitrogens with two attached hydrogens (primary N) is 1. The molecular weight excluding hydrogens is 382 g/mol. The molecule has 0 fully saturated rings. The lowest BCUT2D eigenvalue weighted by molar-refractivity contribution is -0.121. The quantitative estimate of drug-likeness (QED) is 0.668. The molecule has 1 heterocycles. The average molecular weight is 404 g/mol. The van der Waals surface area contributed by atoms with Crippen LogP contribution in [0.4, 0.5) is 5.00 Å². The Morgan fingerprint density at radius 3 is 2.78 bits per heavy atom. The fourth-order valence-electron chi connectivity index (χ4n) is 3.06. The number of benzene rings is 1. The van der Waals surface area contributed by atoms with E-state index in [2.05, 4.69) is 17.6 Å². The maximum absolute atomic E-state index is 12.0. The van der Waals surface area contributed by atoms with E-state index in [9.17, 15) is 9.59 Å². The predicted octanol–water partition coefficient (Wildman–Crippen LogP) is 2.86. The maximum atomic E-state index is 12.0. The van der Waals surface area contributed by atoms with Gasteiger partial charge in [-0.05, 0) is 55.1 Å². The van der Waals surface area contributed by atoms with E-state index in [4.69, 9.17) is 22.7 Å². The van der Waals surface area contributed by atoms with E-state index in [1.54, 1.807) is 12.1 Å². The van der Waals surface area contributed by atoms with Gasteiger partial charge in [0.05, 0.1) is 5.56 Å². The molecule has 2 amide bonds. The molecule has 0 unspecified atom stereocenters. The van der Waals surface area contributed by atoms with Crippen LogP contribution in [0.2, 0.25) is 0 Å². The Kier molecular flexibility index (Phi) is 6.08. The molecule has 142 valence electrons. The van der Waals surface area contributed by atoms with Gasteiger partial charge in [-0.15, -0.1) is 11.3 Å². The number of hydrogen-bond acceptors (Lipinski definition) is 5. The molecule has 0 radical (unpaired) electrons. The molecule has 0 spiro atoms. The van der Waals surface area contributed by atoms with Gasteiger partial charge in [0.1, 0.15) is 10.8 Å². The first-order valence-corrected chi connectivity index (χ1v) is 9.89. The van der Waals surface area contributed by atoms with Crippen LogP contribution in [0.5, 0.6) is 5.75 Å². The predicted molar refractivity (Wildman–Crippen MR) is 110 cm³/mol. The summed E-state index contributed by atoms with van der Waals surface area (Å²) in [5, 5.41) is 6.23. The highest BCUT2D eigenvalue weighted by molar-refractivity contribution is 7.80. The van der Waals surface area contributed by atoms with Crippen LogP contribution in [0.15, 0.2) is 30.3 Å². The second-order valence-corrected chi connectivity index (χ2v) is 8.04. The first-order valence-electron chi connectivity index (χ1n) is 8.67. The molecule has 4 N–H and O–H groups in total. The van der Waals surface area contributed by atoms with Crippen LogP contribution >= 0.6 is 23.6 Å². The van der Waals surface area contributed by atoms with Crippen molar-refractivity contribution in [2.24, 2.45) is 11.7 Å². The number of amides is 2. The van der Waals surface area contributed by atoms with Gasteiger partial charge in [0.25, 0.3) is 11.8 Å². The number of primary amides is 1. The van der Waals surface area contributed by atoms with Crippen LogP contribution in [0.3, 0.4) is 0 Å². The zero-order chi connectivity index (χ0) is 19.4. The van der Waals surface area contributed by atoms with Crippen molar-refractivity contribution < 1.29 is 14.3 Å². The zero-order valence-corrected chi connectivity index (χ0v) is 16.5. The minimum absolute atomic E-state index is 0.116. The molecule has 1 aliphatic rings. The zero-order valence-electron chi connectivity index (χ0n) is 14.9. The number of para-hydroxylation sites is 1. The number of rotatable bonds is 5. The maximum Gasteiger partial charge on any atom is 0.264 e. The SMILES string of the molecule is C[C@H]1CCc2c(sc(NC(=S)NC(=O)COc3ccccc3)c2C(N)=O)C1. The summed E-state index contributed by atoms with van der Waals surface area (Å²) in [6.45, 7) is 2.03. The Balaban J connectivity index is 1.62. The number of thiophene rings is 1. The van der Waals surface area contributed by atoms with E-state index in [0.29, 0.717) is 22.2 Å². The lowest BCUT2D eigenvalue weighted by Gasteiger charge is -2.18. The van der Waals surface area contributed by atoms with Crippen molar-refractivity contribution in [3.8, 4) is 5.75 Å². The summed E-state index contributed by atoms with van der Waals surface area (Å²) in [6.07, 6.45) is 2.78. The Morgan fingerprint density at radius 2 is 2.07 bits per heavy atom. The molecule has 0 saturated carbocycles. The first kappa shape index (κ1) is 19.3. The number of ether oxygens (including phenoxy) is 1. The van der Waals surface area contributed by atoms with Gasteiger partial charge in [-0.1, -0.05) is 25.1 Å². The van der Waals surface area contributed by atoms with E-state index in [-0.39, 0.29) is 17.6 Å². The van der Waals surface area contributed by atoms with Crippen LogP contribution in [-0.4, -0.2) is 23.5 Å². The molecule has 8 heteroatoms. The number of nitrogens with one attached hydrogen (secondary N) is 2. The molecule has 6 nitrogen and oxygen atoms in total. The summed E-state index contributed by atoms with van der Waals surface area (Å²) >= 11 is 6.69. The van der Waals surface area contributed by atoms with Crippen molar-refractivity contribution in [3.05, 3.63) is 46.3 Å². The van der Waals surface area contributed by atoms with Crippen LogP contribution in [-0.2, 0) is 17.6 Å². The molecule has 0 saturated heterocycles. The number of thiocarbonyl (C=S) groups is 1. The number of carbonyl (C=O) groups is 2. The largest absolute Gasteiger partial charge is 0.484 e. The van der Waals surface area contributed by atoms with Crippen LogP contribution in [0, 0.1) is 5.92 Å². The Bertz CT molecular complexity index is 865. The second-order valence-electron chi connectivity index (χ2n) is 6.52. The lowest BCUT2D eigenvalue weighted by Crippen LogP contribution is -2.37. The molecule has 27 heavy (non-hydrogen) atoms. The molecule has 1 aromatic heterocycles. The van der Waals surface area contributed by atoms with Gasteiger partial charge in [-0.3, -0.25) is 14.9 Å². The highest BCUT2D eigenvalue weighted by atomic mass is 32.1. The van der Waals surface area contributed by atoms with E-state index < -0.39 is 5.91 Å². The van der Waals surface area contributed by atoms with Gasteiger partial charge >= 0.3 is 0 Å². The third-order valence-corrected chi connectivity index (χ3v) is 5.73. The number of fused-ring (bicyclic) bond motifs is 1. The molecule has 1 aromatic carbocycles. The molecule has 1 aliphatic carbocycles. The van der Waals surface area contributed by atoms with Crippen molar-refractivity contribution in [2.45, 2.75) is 26.2 Å². The van der Waals surface area contributed by atoms with E-state index >= 15 is 0 Å². The molecule has 1 atom stereocenters. The summed E-state index contributed by atoms with van der Waals surface area (Å²) in [5.41, 5.74) is 7.08. The van der Waals surface area contributed by atoms with Crippen molar-refractivity contribution >= 4 is 45.5 Å². The van der Waals surface area contributed by atoms with Gasteiger partial charge in [0, 0.05) is 4.88 Å².